The van der Waals surface area contributed by atoms with E-state index in [-0.39, 0.29) is 15.2 Å². The summed E-state index contributed by atoms with van der Waals surface area (Å²) in [6, 6.07) is 0. The topological polar surface area (TPSA) is 29.5 Å². The van der Waals surface area contributed by atoms with Crippen molar-refractivity contribution in [2.75, 3.05) is 18.1 Å². The van der Waals surface area contributed by atoms with Crippen molar-refractivity contribution >= 4 is 31.8 Å². The predicted octanol–water partition coefficient (Wildman–Crippen LogP) is 5.07. The summed E-state index contributed by atoms with van der Waals surface area (Å²) >= 11 is 4.21. The molecule has 1 N–H and O–H groups in total. The van der Waals surface area contributed by atoms with Gasteiger partial charge in [0.1, 0.15) is 0 Å². The second-order valence-electron chi connectivity index (χ2n) is 8.05. The zero-order valence-electron chi connectivity index (χ0n) is 15.1. The minimum absolute atomic E-state index is 0.0178. The van der Waals surface area contributed by atoms with Gasteiger partial charge in [0.2, 0.25) is 0 Å². The van der Waals surface area contributed by atoms with Crippen LogP contribution in [0.3, 0.4) is 0 Å². The van der Waals surface area contributed by atoms with Crippen molar-refractivity contribution in [1.82, 2.24) is 0 Å². The first-order valence-corrected chi connectivity index (χ1v) is 13.4. The maximum absolute atomic E-state index is 10.7. The third-order valence-electron chi connectivity index (χ3n) is 5.63. The number of thioether (sulfide) groups is 2. The fourth-order valence-corrected chi connectivity index (χ4v) is 7.58. The van der Waals surface area contributed by atoms with Crippen molar-refractivity contribution in [1.29, 1.82) is 0 Å². The molecule has 0 unspecified atom stereocenters. The van der Waals surface area contributed by atoms with Gasteiger partial charge in [0, 0.05) is 17.9 Å². The molecular formula is C18H32O2S2Si. The molecule has 23 heavy (non-hydrogen) atoms. The van der Waals surface area contributed by atoms with Crippen LogP contribution in [-0.4, -0.2) is 41.4 Å². The van der Waals surface area contributed by atoms with Gasteiger partial charge in [0.05, 0.1) is 16.8 Å². The van der Waals surface area contributed by atoms with Crippen molar-refractivity contribution < 1.29 is 9.53 Å². The Hall–Kier alpha value is 0.317. The van der Waals surface area contributed by atoms with E-state index in [1.54, 1.807) is 0 Å². The highest BCUT2D eigenvalue weighted by atomic mass is 32.2. The van der Waals surface area contributed by atoms with Gasteiger partial charge in [-0.1, -0.05) is 26.5 Å². The molecule has 5 heteroatoms. The number of rotatable bonds is 6. The monoisotopic (exact) mass is 372 g/mol. The molecule has 0 amide bonds. The Morgan fingerprint density at radius 1 is 1.35 bits per heavy atom. The molecule has 1 aliphatic heterocycles. The second-order valence-corrected chi connectivity index (χ2v) is 15.7. The number of ether oxygens (including phenoxy) is 1. The van der Waals surface area contributed by atoms with Crippen LogP contribution < -0.4 is 0 Å². The fraction of sp³-hybridized carbons (Fsp3) is 0.778. The summed E-state index contributed by atoms with van der Waals surface area (Å²) in [6.07, 6.45) is 5.20. The highest BCUT2D eigenvalue weighted by molar-refractivity contribution is 8.21. The van der Waals surface area contributed by atoms with Crippen LogP contribution in [0.25, 0.3) is 0 Å². The molecule has 0 radical (unpaired) electrons. The molecule has 0 aromatic heterocycles. The minimum atomic E-state index is -2.21. The maximum Gasteiger partial charge on any atom is 0.188 e. The van der Waals surface area contributed by atoms with Gasteiger partial charge in [-0.05, 0) is 42.5 Å². The molecule has 2 rings (SSSR count). The lowest BCUT2D eigenvalue weighted by molar-refractivity contribution is 0.0680. The van der Waals surface area contributed by atoms with Gasteiger partial charge in [0.15, 0.2) is 8.32 Å². The average molecular weight is 373 g/mol. The number of hydrogen-bond acceptors (Lipinski definition) is 4. The molecule has 0 aromatic carbocycles. The summed E-state index contributed by atoms with van der Waals surface area (Å²) in [4.78, 5) is 10.7. The molecule has 2 aliphatic rings. The van der Waals surface area contributed by atoms with Crippen molar-refractivity contribution in [3.63, 3.8) is 0 Å². The van der Waals surface area contributed by atoms with Gasteiger partial charge >= 0.3 is 0 Å². The zero-order valence-corrected chi connectivity index (χ0v) is 17.7. The fourth-order valence-electron chi connectivity index (χ4n) is 3.42. The Morgan fingerprint density at radius 3 is 2.48 bits per heavy atom. The molecule has 1 aliphatic carbocycles. The summed E-state index contributed by atoms with van der Waals surface area (Å²) < 4.78 is 6.35. The van der Waals surface area contributed by atoms with Crippen molar-refractivity contribution in [2.24, 2.45) is 5.92 Å². The molecule has 132 valence electrons. The van der Waals surface area contributed by atoms with Gasteiger partial charge in [-0.2, -0.15) is 0 Å². The van der Waals surface area contributed by atoms with Crippen molar-refractivity contribution in [2.45, 2.75) is 61.4 Å². The Labute approximate surface area is 151 Å². The van der Waals surface area contributed by atoms with Gasteiger partial charge in [-0.25, -0.2) is 0 Å². The van der Waals surface area contributed by atoms with Gasteiger partial charge in [-0.3, -0.25) is 0 Å². The average Bonchev–Trinajstić information content (AvgIpc) is 2.87. The Kier molecular flexibility index (Phi) is 6.22. The van der Waals surface area contributed by atoms with Crippen LogP contribution in [0.2, 0.25) is 18.1 Å². The van der Waals surface area contributed by atoms with Crippen LogP contribution in [0.4, 0.5) is 0 Å². The highest BCUT2D eigenvalue weighted by Crippen LogP contribution is 2.58. The lowest BCUT2D eigenvalue weighted by Crippen LogP contribution is -2.44. The molecular weight excluding hydrogens is 340 g/mol. The summed E-state index contributed by atoms with van der Waals surface area (Å²) in [5.74, 6) is 2.91. The van der Waals surface area contributed by atoms with Crippen LogP contribution >= 0.6 is 23.5 Å². The lowest BCUT2D eigenvalue weighted by atomic mass is 9.77. The molecule has 1 spiro atoms. The zero-order chi connectivity index (χ0) is 17.3. The summed E-state index contributed by atoms with van der Waals surface area (Å²) in [7, 11) is -2.21. The third-order valence-corrected chi connectivity index (χ3v) is 12.7. The van der Waals surface area contributed by atoms with E-state index in [4.69, 9.17) is 4.74 Å². The summed E-state index contributed by atoms with van der Waals surface area (Å²) in [5.41, 5.74) is 1.23. The van der Waals surface area contributed by atoms with E-state index in [1.165, 1.54) is 23.5 Å². The normalized spacial score (nSPS) is 28.3. The van der Waals surface area contributed by atoms with E-state index in [9.17, 15) is 4.80 Å². The van der Waals surface area contributed by atoms with Gasteiger partial charge < -0.3 is 9.53 Å². The molecule has 1 saturated carbocycles. The minimum Gasteiger partial charge on any atom is -0.432 e. The van der Waals surface area contributed by atoms with Crippen LogP contribution in [0, 0.1) is 5.92 Å². The Morgan fingerprint density at radius 2 is 1.96 bits per heavy atom. The van der Waals surface area contributed by atoms with E-state index in [0.29, 0.717) is 12.5 Å². The predicted molar refractivity (Wildman–Crippen MR) is 108 cm³/mol. The number of hydrogen-bond donors (Lipinski definition) is 1. The quantitative estimate of drug-likeness (QED) is 0.521. The molecule has 1 saturated heterocycles. The van der Waals surface area contributed by atoms with Crippen molar-refractivity contribution in [3.05, 3.63) is 24.8 Å². The first kappa shape index (κ1) is 19.6. The second kappa shape index (κ2) is 7.28. The van der Waals surface area contributed by atoms with Crippen LogP contribution in [-0.2, 0) is 4.74 Å². The van der Waals surface area contributed by atoms with E-state index < -0.39 is 8.32 Å². The van der Waals surface area contributed by atoms with Crippen LogP contribution in [0.15, 0.2) is 24.8 Å². The van der Waals surface area contributed by atoms with E-state index in [2.05, 4.69) is 63.6 Å². The first-order chi connectivity index (χ1) is 10.6. The molecule has 2 nitrogen and oxygen atoms in total. The summed E-state index contributed by atoms with van der Waals surface area (Å²) in [6.45, 7) is 17.3. The van der Waals surface area contributed by atoms with Gasteiger partial charge in [0.25, 0.3) is 0 Å². The largest absolute Gasteiger partial charge is 0.432 e. The van der Waals surface area contributed by atoms with Crippen molar-refractivity contribution in [3.8, 4) is 0 Å². The van der Waals surface area contributed by atoms with Gasteiger partial charge in [-0.15, -0.1) is 30.1 Å². The third kappa shape index (κ3) is 4.49. The Bertz CT molecular complexity index is 450. The van der Waals surface area contributed by atoms with E-state index in [0.717, 1.165) is 12.8 Å². The first-order valence-electron chi connectivity index (χ1n) is 8.52. The standard InChI is InChI=1S/C18H32O2S2Si/c1-7-8-20-16-13-18(21-9-10-22-18)12-15(14(16)2)11-17(3,4)23(5,6)19/h7,15-16,19H,1-2,8-13H2,3-6H3/t15-,16-/m1/s1. The Balaban J connectivity index is 2.18. The molecule has 2 fully saturated rings. The molecule has 1 heterocycles. The molecule has 2 atom stereocenters. The molecule has 0 bridgehead atoms. The van der Waals surface area contributed by atoms with Crippen LogP contribution in [0.1, 0.15) is 33.1 Å². The molecule has 0 aromatic rings. The lowest BCUT2D eigenvalue weighted by Gasteiger charge is -2.46. The van der Waals surface area contributed by atoms with E-state index in [1.807, 2.05) is 6.08 Å². The summed E-state index contributed by atoms with van der Waals surface area (Å²) in [5, 5.41) is -0.0178. The highest BCUT2D eigenvalue weighted by Gasteiger charge is 2.49. The smallest absolute Gasteiger partial charge is 0.188 e. The van der Waals surface area contributed by atoms with Crippen LogP contribution in [0.5, 0.6) is 0 Å². The maximum atomic E-state index is 10.7. The SMILES string of the molecule is C=CCO[C@@H]1CC2(C[C@@H](CC(C)(C)[Si](C)(C)O)C1=C)SCCS2. The van der Waals surface area contributed by atoms with E-state index >= 15 is 0 Å².